The SMILES string of the molecule is COCC(N)c1csc(N)n1. The van der Waals surface area contributed by atoms with Gasteiger partial charge in [-0.15, -0.1) is 11.3 Å². The number of thiazole rings is 1. The van der Waals surface area contributed by atoms with Gasteiger partial charge in [0.15, 0.2) is 5.13 Å². The van der Waals surface area contributed by atoms with Crippen molar-refractivity contribution >= 4 is 16.5 Å². The number of ether oxygens (including phenoxy) is 1. The van der Waals surface area contributed by atoms with Gasteiger partial charge in [-0.2, -0.15) is 0 Å². The van der Waals surface area contributed by atoms with Gasteiger partial charge in [0.05, 0.1) is 18.3 Å². The second kappa shape index (κ2) is 3.66. The summed E-state index contributed by atoms with van der Waals surface area (Å²) in [5.41, 5.74) is 11.9. The van der Waals surface area contributed by atoms with Gasteiger partial charge in [0, 0.05) is 12.5 Å². The first kappa shape index (κ1) is 8.45. The Morgan fingerprint density at radius 1 is 1.82 bits per heavy atom. The molecule has 4 N–H and O–H groups in total. The zero-order valence-electron chi connectivity index (χ0n) is 6.28. The summed E-state index contributed by atoms with van der Waals surface area (Å²) >= 11 is 1.39. The van der Waals surface area contributed by atoms with Crippen molar-refractivity contribution in [3.63, 3.8) is 0 Å². The van der Waals surface area contributed by atoms with Crippen LogP contribution in [0.2, 0.25) is 0 Å². The van der Waals surface area contributed by atoms with Gasteiger partial charge in [0.25, 0.3) is 0 Å². The number of hydrogen-bond donors (Lipinski definition) is 2. The molecular weight excluding hydrogens is 162 g/mol. The normalized spacial score (nSPS) is 13.3. The Kier molecular flexibility index (Phi) is 2.81. The molecule has 0 fully saturated rings. The molecule has 1 aromatic rings. The maximum atomic E-state index is 5.68. The molecule has 1 atom stereocenters. The van der Waals surface area contributed by atoms with Crippen molar-refractivity contribution in [3.8, 4) is 0 Å². The Morgan fingerprint density at radius 3 is 3.00 bits per heavy atom. The molecule has 0 saturated heterocycles. The smallest absolute Gasteiger partial charge is 0.180 e. The van der Waals surface area contributed by atoms with E-state index in [1.54, 1.807) is 7.11 Å². The minimum Gasteiger partial charge on any atom is -0.383 e. The Balaban J connectivity index is 2.60. The maximum Gasteiger partial charge on any atom is 0.180 e. The lowest BCUT2D eigenvalue weighted by molar-refractivity contribution is 0.180. The molecule has 1 rings (SSSR count). The van der Waals surface area contributed by atoms with E-state index in [0.29, 0.717) is 11.7 Å². The van der Waals surface area contributed by atoms with Gasteiger partial charge in [-0.25, -0.2) is 4.98 Å². The lowest BCUT2D eigenvalue weighted by Gasteiger charge is -2.05. The highest BCUT2D eigenvalue weighted by atomic mass is 32.1. The van der Waals surface area contributed by atoms with Gasteiger partial charge >= 0.3 is 0 Å². The number of methoxy groups -OCH3 is 1. The minimum atomic E-state index is -0.159. The molecule has 0 radical (unpaired) electrons. The fourth-order valence-electron chi connectivity index (χ4n) is 0.736. The summed E-state index contributed by atoms with van der Waals surface area (Å²) in [7, 11) is 1.61. The van der Waals surface area contributed by atoms with E-state index in [4.69, 9.17) is 16.2 Å². The molecule has 0 aromatic carbocycles. The number of aromatic nitrogens is 1. The summed E-state index contributed by atoms with van der Waals surface area (Å²) in [6, 6.07) is -0.159. The third kappa shape index (κ3) is 2.14. The molecule has 0 aliphatic rings. The van der Waals surface area contributed by atoms with Crippen LogP contribution >= 0.6 is 11.3 Å². The van der Waals surface area contributed by atoms with Gasteiger partial charge in [0.2, 0.25) is 0 Å². The molecule has 0 bridgehead atoms. The second-order valence-electron chi connectivity index (χ2n) is 2.17. The number of nitrogens with two attached hydrogens (primary N) is 2. The van der Waals surface area contributed by atoms with Crippen LogP contribution in [-0.2, 0) is 4.74 Å². The van der Waals surface area contributed by atoms with Crippen LogP contribution in [0.5, 0.6) is 0 Å². The second-order valence-corrected chi connectivity index (χ2v) is 3.06. The quantitative estimate of drug-likeness (QED) is 0.692. The number of nitrogen functional groups attached to an aromatic ring is 1. The van der Waals surface area contributed by atoms with E-state index in [1.165, 1.54) is 11.3 Å². The molecule has 4 nitrogen and oxygen atoms in total. The molecule has 0 aliphatic heterocycles. The van der Waals surface area contributed by atoms with Crippen LogP contribution in [0.3, 0.4) is 0 Å². The Bertz CT molecular complexity index is 225. The maximum absolute atomic E-state index is 5.68. The van der Waals surface area contributed by atoms with Crippen molar-refractivity contribution in [3.05, 3.63) is 11.1 Å². The van der Waals surface area contributed by atoms with Crippen LogP contribution < -0.4 is 11.5 Å². The van der Waals surface area contributed by atoms with E-state index in [-0.39, 0.29) is 6.04 Å². The average Bonchev–Trinajstić information content (AvgIpc) is 2.36. The van der Waals surface area contributed by atoms with Gasteiger partial charge < -0.3 is 16.2 Å². The summed E-state index contributed by atoms with van der Waals surface area (Å²) in [4.78, 5) is 4.02. The van der Waals surface area contributed by atoms with Crippen LogP contribution in [0.25, 0.3) is 0 Å². The van der Waals surface area contributed by atoms with Crippen molar-refractivity contribution in [1.82, 2.24) is 4.98 Å². The molecule has 0 aliphatic carbocycles. The van der Waals surface area contributed by atoms with Crippen LogP contribution in [0.1, 0.15) is 11.7 Å². The predicted molar refractivity (Wildman–Crippen MR) is 45.3 cm³/mol. The standard InChI is InChI=1S/C6H11N3OS/c1-10-2-4(7)5-3-11-6(8)9-5/h3-4H,2,7H2,1H3,(H2,8,9). The van der Waals surface area contributed by atoms with E-state index in [0.717, 1.165) is 5.69 Å². The molecule has 0 amide bonds. The monoisotopic (exact) mass is 173 g/mol. The van der Waals surface area contributed by atoms with E-state index in [2.05, 4.69) is 4.98 Å². The molecule has 1 aromatic heterocycles. The van der Waals surface area contributed by atoms with Gasteiger partial charge in [-0.1, -0.05) is 0 Å². The molecule has 11 heavy (non-hydrogen) atoms. The topological polar surface area (TPSA) is 74.2 Å². The first-order chi connectivity index (χ1) is 5.24. The first-order valence-corrected chi connectivity index (χ1v) is 4.07. The van der Waals surface area contributed by atoms with Gasteiger partial charge in [-0.3, -0.25) is 0 Å². The highest BCUT2D eigenvalue weighted by Crippen LogP contribution is 2.16. The molecule has 62 valence electrons. The summed E-state index contributed by atoms with van der Waals surface area (Å²) in [5.74, 6) is 0. The van der Waals surface area contributed by atoms with Crippen LogP contribution in [0.4, 0.5) is 5.13 Å². The zero-order chi connectivity index (χ0) is 8.27. The fourth-order valence-corrected chi connectivity index (χ4v) is 1.36. The van der Waals surface area contributed by atoms with E-state index in [1.807, 2.05) is 5.38 Å². The number of nitrogens with zero attached hydrogens (tertiary/aromatic N) is 1. The lowest BCUT2D eigenvalue weighted by atomic mass is 10.3. The highest BCUT2D eigenvalue weighted by Gasteiger charge is 2.08. The predicted octanol–water partition coefficient (Wildman–Crippen LogP) is 0.372. The lowest BCUT2D eigenvalue weighted by Crippen LogP contribution is -2.16. The number of rotatable bonds is 3. The molecule has 0 saturated carbocycles. The molecular formula is C6H11N3OS. The van der Waals surface area contributed by atoms with Crippen LogP contribution in [-0.4, -0.2) is 18.7 Å². The molecule has 5 heteroatoms. The molecule has 0 spiro atoms. The first-order valence-electron chi connectivity index (χ1n) is 3.19. The van der Waals surface area contributed by atoms with Crippen LogP contribution in [0, 0.1) is 0 Å². The van der Waals surface area contributed by atoms with Crippen LogP contribution in [0.15, 0.2) is 5.38 Å². The number of anilines is 1. The van der Waals surface area contributed by atoms with Crippen molar-refractivity contribution in [2.45, 2.75) is 6.04 Å². The van der Waals surface area contributed by atoms with E-state index in [9.17, 15) is 0 Å². The highest BCUT2D eigenvalue weighted by molar-refractivity contribution is 7.13. The zero-order valence-corrected chi connectivity index (χ0v) is 7.10. The van der Waals surface area contributed by atoms with E-state index < -0.39 is 0 Å². The van der Waals surface area contributed by atoms with Gasteiger partial charge in [-0.05, 0) is 0 Å². The largest absolute Gasteiger partial charge is 0.383 e. The van der Waals surface area contributed by atoms with Gasteiger partial charge in [0.1, 0.15) is 0 Å². The third-order valence-corrected chi connectivity index (χ3v) is 1.96. The van der Waals surface area contributed by atoms with Crippen molar-refractivity contribution in [1.29, 1.82) is 0 Å². The number of hydrogen-bond acceptors (Lipinski definition) is 5. The fraction of sp³-hybridized carbons (Fsp3) is 0.500. The van der Waals surface area contributed by atoms with Crippen molar-refractivity contribution in [2.24, 2.45) is 5.73 Å². The van der Waals surface area contributed by atoms with E-state index >= 15 is 0 Å². The summed E-state index contributed by atoms with van der Waals surface area (Å²) < 4.78 is 4.87. The minimum absolute atomic E-state index is 0.159. The van der Waals surface area contributed by atoms with Crippen molar-refractivity contribution in [2.75, 3.05) is 19.5 Å². The summed E-state index contributed by atoms with van der Waals surface area (Å²) in [6.45, 7) is 0.475. The Labute approximate surface area is 69.2 Å². The molecule has 1 unspecified atom stereocenters. The average molecular weight is 173 g/mol. The summed E-state index contributed by atoms with van der Waals surface area (Å²) in [6.07, 6.45) is 0. The third-order valence-electron chi connectivity index (χ3n) is 1.27. The van der Waals surface area contributed by atoms with Crippen molar-refractivity contribution < 1.29 is 4.74 Å². The Hall–Kier alpha value is -0.650. The summed E-state index contributed by atoms with van der Waals surface area (Å²) in [5, 5.41) is 2.39. The Morgan fingerprint density at radius 2 is 2.55 bits per heavy atom. The molecule has 1 heterocycles.